The van der Waals surface area contributed by atoms with Crippen LogP contribution in [0.15, 0.2) is 42.4 Å². The highest BCUT2D eigenvalue weighted by Gasteiger charge is 2.20. The number of rotatable bonds is 6. The van der Waals surface area contributed by atoms with E-state index in [0.29, 0.717) is 0 Å². The van der Waals surface area contributed by atoms with E-state index in [1.54, 1.807) is 18.0 Å². The SMILES string of the molecule is C1=C(CCNc2ccnc(N3CCN(c4ncccn4)CC3)n2)CCCC1. The Kier molecular flexibility index (Phi) is 5.76. The van der Waals surface area contributed by atoms with Crippen molar-refractivity contribution < 1.29 is 0 Å². The van der Waals surface area contributed by atoms with Crippen molar-refractivity contribution in [3.05, 3.63) is 42.4 Å². The summed E-state index contributed by atoms with van der Waals surface area (Å²) in [5.41, 5.74) is 1.59. The minimum Gasteiger partial charge on any atom is -0.370 e. The largest absolute Gasteiger partial charge is 0.370 e. The fourth-order valence-electron chi connectivity index (χ4n) is 3.64. The molecule has 2 aliphatic rings. The molecule has 7 nitrogen and oxygen atoms in total. The molecule has 0 amide bonds. The van der Waals surface area contributed by atoms with E-state index < -0.39 is 0 Å². The van der Waals surface area contributed by atoms with E-state index in [4.69, 9.17) is 4.98 Å². The minimum absolute atomic E-state index is 0.797. The molecule has 0 saturated carbocycles. The average molecular weight is 365 g/mol. The summed E-state index contributed by atoms with van der Waals surface area (Å²) >= 11 is 0. The Morgan fingerprint density at radius 1 is 0.889 bits per heavy atom. The minimum atomic E-state index is 0.797. The molecule has 0 spiro atoms. The van der Waals surface area contributed by atoms with Crippen LogP contribution in [0.4, 0.5) is 17.7 Å². The van der Waals surface area contributed by atoms with Crippen LogP contribution in [0.25, 0.3) is 0 Å². The molecule has 0 unspecified atom stereocenters. The predicted octanol–water partition coefficient (Wildman–Crippen LogP) is 2.90. The fourth-order valence-corrected chi connectivity index (χ4v) is 3.64. The maximum Gasteiger partial charge on any atom is 0.227 e. The number of aromatic nitrogens is 4. The summed E-state index contributed by atoms with van der Waals surface area (Å²) < 4.78 is 0. The number of nitrogens with one attached hydrogen (secondary N) is 1. The van der Waals surface area contributed by atoms with Crippen LogP contribution in [0.2, 0.25) is 0 Å². The van der Waals surface area contributed by atoms with E-state index in [9.17, 15) is 0 Å². The highest BCUT2D eigenvalue weighted by molar-refractivity contribution is 5.43. The molecule has 0 radical (unpaired) electrons. The molecule has 1 aliphatic heterocycles. The number of piperazine rings is 1. The van der Waals surface area contributed by atoms with E-state index in [0.717, 1.165) is 56.9 Å². The van der Waals surface area contributed by atoms with Gasteiger partial charge in [-0.1, -0.05) is 11.6 Å². The van der Waals surface area contributed by atoms with Gasteiger partial charge in [0.1, 0.15) is 5.82 Å². The van der Waals surface area contributed by atoms with Gasteiger partial charge < -0.3 is 15.1 Å². The molecule has 1 fully saturated rings. The highest BCUT2D eigenvalue weighted by atomic mass is 15.4. The monoisotopic (exact) mass is 365 g/mol. The zero-order chi connectivity index (χ0) is 18.3. The summed E-state index contributed by atoms with van der Waals surface area (Å²) in [6.45, 7) is 4.42. The number of anilines is 3. The molecular formula is C20H27N7. The Morgan fingerprint density at radius 2 is 1.63 bits per heavy atom. The van der Waals surface area contributed by atoms with Crippen LogP contribution in [-0.2, 0) is 0 Å². The zero-order valence-electron chi connectivity index (χ0n) is 15.7. The Bertz CT molecular complexity index is 754. The molecule has 2 aromatic rings. The lowest BCUT2D eigenvalue weighted by Gasteiger charge is -2.34. The third-order valence-corrected chi connectivity index (χ3v) is 5.18. The van der Waals surface area contributed by atoms with E-state index in [1.165, 1.54) is 25.7 Å². The van der Waals surface area contributed by atoms with Gasteiger partial charge in [-0.15, -0.1) is 0 Å². The van der Waals surface area contributed by atoms with Crippen molar-refractivity contribution >= 4 is 17.7 Å². The highest BCUT2D eigenvalue weighted by Crippen LogP contribution is 2.20. The number of hydrogen-bond acceptors (Lipinski definition) is 7. The third-order valence-electron chi connectivity index (χ3n) is 5.18. The first-order valence-electron chi connectivity index (χ1n) is 9.90. The van der Waals surface area contributed by atoms with Crippen LogP contribution in [0.5, 0.6) is 0 Å². The maximum atomic E-state index is 4.71. The summed E-state index contributed by atoms with van der Waals surface area (Å²) in [4.78, 5) is 22.3. The Morgan fingerprint density at radius 3 is 2.37 bits per heavy atom. The smallest absolute Gasteiger partial charge is 0.227 e. The summed E-state index contributed by atoms with van der Waals surface area (Å²) in [6, 6.07) is 3.80. The first kappa shape index (κ1) is 17.7. The number of nitrogens with zero attached hydrogens (tertiary/aromatic N) is 6. The van der Waals surface area contributed by atoms with Crippen molar-refractivity contribution in [2.24, 2.45) is 0 Å². The lowest BCUT2D eigenvalue weighted by molar-refractivity contribution is 0.628. The van der Waals surface area contributed by atoms with Crippen molar-refractivity contribution in [3.8, 4) is 0 Å². The van der Waals surface area contributed by atoms with Crippen LogP contribution < -0.4 is 15.1 Å². The van der Waals surface area contributed by atoms with Gasteiger partial charge >= 0.3 is 0 Å². The Labute approximate surface area is 160 Å². The second kappa shape index (κ2) is 8.79. The topological polar surface area (TPSA) is 70.1 Å². The Hall–Kier alpha value is -2.70. The lowest BCUT2D eigenvalue weighted by atomic mass is 9.97. The molecule has 0 bridgehead atoms. The van der Waals surface area contributed by atoms with Gasteiger partial charge in [-0.25, -0.2) is 15.0 Å². The summed E-state index contributed by atoms with van der Waals surface area (Å²) in [5.74, 6) is 2.50. The molecule has 3 heterocycles. The third kappa shape index (κ3) is 4.72. The van der Waals surface area contributed by atoms with Crippen LogP contribution in [-0.4, -0.2) is 52.7 Å². The van der Waals surface area contributed by atoms with Gasteiger partial charge in [-0.05, 0) is 44.2 Å². The number of allylic oxidation sites excluding steroid dienone is 1. The second-order valence-electron chi connectivity index (χ2n) is 7.05. The molecule has 1 saturated heterocycles. The average Bonchev–Trinajstić information content (AvgIpc) is 2.76. The van der Waals surface area contributed by atoms with E-state index in [1.807, 2.05) is 18.3 Å². The molecule has 4 rings (SSSR count). The van der Waals surface area contributed by atoms with Gasteiger partial charge in [-0.3, -0.25) is 0 Å². The van der Waals surface area contributed by atoms with Gasteiger partial charge in [0.2, 0.25) is 11.9 Å². The van der Waals surface area contributed by atoms with Crippen molar-refractivity contribution in [1.82, 2.24) is 19.9 Å². The second-order valence-corrected chi connectivity index (χ2v) is 7.05. The summed E-state index contributed by atoms with van der Waals surface area (Å²) in [5, 5.41) is 3.46. The van der Waals surface area contributed by atoms with E-state index >= 15 is 0 Å². The van der Waals surface area contributed by atoms with Crippen LogP contribution in [0.1, 0.15) is 32.1 Å². The van der Waals surface area contributed by atoms with Gasteiger partial charge in [0.05, 0.1) is 0 Å². The van der Waals surface area contributed by atoms with Crippen LogP contribution in [0, 0.1) is 0 Å². The standard InChI is InChI=1S/C20H27N7/c1-2-5-17(6-3-1)7-11-21-18-8-12-24-20(25-18)27-15-13-26(14-16-27)19-22-9-4-10-23-19/h4-5,8-10,12H,1-3,6-7,11,13-16H2,(H,21,24,25). The van der Waals surface area contributed by atoms with Crippen molar-refractivity contribution in [2.45, 2.75) is 32.1 Å². The molecule has 7 heteroatoms. The normalized spacial score (nSPS) is 17.6. The van der Waals surface area contributed by atoms with E-state index in [2.05, 4.69) is 36.1 Å². The molecule has 142 valence electrons. The zero-order valence-corrected chi connectivity index (χ0v) is 15.7. The molecule has 27 heavy (non-hydrogen) atoms. The number of hydrogen-bond donors (Lipinski definition) is 1. The molecule has 2 aromatic heterocycles. The molecule has 1 N–H and O–H groups in total. The van der Waals surface area contributed by atoms with Crippen LogP contribution in [0.3, 0.4) is 0 Å². The van der Waals surface area contributed by atoms with Crippen molar-refractivity contribution in [2.75, 3.05) is 47.8 Å². The van der Waals surface area contributed by atoms with E-state index in [-0.39, 0.29) is 0 Å². The van der Waals surface area contributed by atoms with Crippen molar-refractivity contribution in [1.29, 1.82) is 0 Å². The molecule has 1 aliphatic carbocycles. The predicted molar refractivity (Wildman–Crippen MR) is 108 cm³/mol. The quantitative estimate of drug-likeness (QED) is 0.789. The first-order valence-corrected chi connectivity index (χ1v) is 9.90. The lowest BCUT2D eigenvalue weighted by Crippen LogP contribution is -2.47. The summed E-state index contributed by atoms with van der Waals surface area (Å²) in [7, 11) is 0. The fraction of sp³-hybridized carbons (Fsp3) is 0.500. The van der Waals surface area contributed by atoms with Crippen LogP contribution >= 0.6 is 0 Å². The first-order chi connectivity index (χ1) is 13.4. The Balaban J connectivity index is 1.29. The van der Waals surface area contributed by atoms with Gasteiger partial charge in [0.15, 0.2) is 0 Å². The van der Waals surface area contributed by atoms with Gasteiger partial charge in [0.25, 0.3) is 0 Å². The van der Waals surface area contributed by atoms with Gasteiger partial charge in [-0.2, -0.15) is 4.98 Å². The van der Waals surface area contributed by atoms with Crippen molar-refractivity contribution in [3.63, 3.8) is 0 Å². The van der Waals surface area contributed by atoms with Gasteiger partial charge in [0, 0.05) is 51.3 Å². The molecular weight excluding hydrogens is 338 g/mol. The molecule has 0 atom stereocenters. The molecule has 0 aromatic carbocycles. The maximum absolute atomic E-state index is 4.71. The summed E-state index contributed by atoms with van der Waals surface area (Å²) in [6.07, 6.45) is 14.1.